The Labute approximate surface area is 83.8 Å². The van der Waals surface area contributed by atoms with Crippen LogP contribution in [0, 0.1) is 0 Å². The lowest BCUT2D eigenvalue weighted by atomic mass is 10.2. The molecule has 1 heteroatoms. The van der Waals surface area contributed by atoms with Gasteiger partial charge in [0.05, 0.1) is 0 Å². The Morgan fingerprint density at radius 2 is 1.69 bits per heavy atom. The summed E-state index contributed by atoms with van der Waals surface area (Å²) < 4.78 is 0. The summed E-state index contributed by atoms with van der Waals surface area (Å²) >= 11 is 0. The van der Waals surface area contributed by atoms with Gasteiger partial charge in [-0.1, -0.05) is 32.4 Å². The van der Waals surface area contributed by atoms with Crippen molar-refractivity contribution in [3.05, 3.63) is 12.2 Å². The molecule has 1 nitrogen and oxygen atoms in total. The maximum atomic E-state index is 2.50. The number of unbranched alkanes of at least 4 members (excludes halogenated alkanes) is 3. The summed E-state index contributed by atoms with van der Waals surface area (Å²) in [5.41, 5.74) is 0. The molecule has 0 saturated heterocycles. The summed E-state index contributed by atoms with van der Waals surface area (Å²) in [7, 11) is 0. The Balaban J connectivity index is 3.14. The van der Waals surface area contributed by atoms with Gasteiger partial charge in [-0.15, -0.1) is 0 Å². The van der Waals surface area contributed by atoms with Crippen LogP contribution in [0.25, 0.3) is 0 Å². The first-order chi connectivity index (χ1) is 6.35. The minimum absolute atomic E-state index is 1.20. The van der Waals surface area contributed by atoms with E-state index in [-0.39, 0.29) is 0 Å². The second-order valence-electron chi connectivity index (χ2n) is 3.45. The first kappa shape index (κ1) is 12.7. The van der Waals surface area contributed by atoms with Crippen LogP contribution in [0.15, 0.2) is 12.2 Å². The number of hydrogen-bond donors (Lipinski definition) is 0. The van der Waals surface area contributed by atoms with E-state index in [0.29, 0.717) is 0 Å². The van der Waals surface area contributed by atoms with E-state index in [0.717, 1.165) is 0 Å². The molecule has 0 amide bonds. The van der Waals surface area contributed by atoms with Crippen molar-refractivity contribution >= 4 is 0 Å². The van der Waals surface area contributed by atoms with Crippen LogP contribution in [0.5, 0.6) is 0 Å². The van der Waals surface area contributed by atoms with Gasteiger partial charge in [-0.2, -0.15) is 0 Å². The zero-order valence-electron chi connectivity index (χ0n) is 9.55. The number of allylic oxidation sites excluding steroid dienone is 2. The molecular formula is C12H25N. The van der Waals surface area contributed by atoms with Crippen molar-refractivity contribution in [1.29, 1.82) is 0 Å². The van der Waals surface area contributed by atoms with Gasteiger partial charge in [-0.3, -0.25) is 0 Å². The average Bonchev–Trinajstić information content (AvgIpc) is 2.17. The SMILES string of the molecule is C/C=C/CCCCCN(CC)CC. The Morgan fingerprint density at radius 1 is 1.00 bits per heavy atom. The fourth-order valence-corrected chi connectivity index (χ4v) is 1.48. The third-order valence-electron chi connectivity index (χ3n) is 2.48. The largest absolute Gasteiger partial charge is 0.304 e. The van der Waals surface area contributed by atoms with E-state index in [1.54, 1.807) is 0 Å². The van der Waals surface area contributed by atoms with Gasteiger partial charge in [0.1, 0.15) is 0 Å². The Bertz CT molecular complexity index is 114. The summed E-state index contributed by atoms with van der Waals surface area (Å²) in [6, 6.07) is 0. The van der Waals surface area contributed by atoms with E-state index < -0.39 is 0 Å². The number of rotatable bonds is 8. The van der Waals surface area contributed by atoms with Crippen molar-refractivity contribution in [1.82, 2.24) is 4.90 Å². The van der Waals surface area contributed by atoms with Gasteiger partial charge >= 0.3 is 0 Å². The van der Waals surface area contributed by atoms with Gasteiger partial charge in [-0.25, -0.2) is 0 Å². The Kier molecular flexibility index (Phi) is 9.56. The highest BCUT2D eigenvalue weighted by molar-refractivity contribution is 4.76. The minimum Gasteiger partial charge on any atom is -0.304 e. The van der Waals surface area contributed by atoms with Gasteiger partial charge in [-0.05, 0) is 45.8 Å². The van der Waals surface area contributed by atoms with Gasteiger partial charge < -0.3 is 4.90 Å². The van der Waals surface area contributed by atoms with E-state index in [2.05, 4.69) is 37.8 Å². The summed E-state index contributed by atoms with van der Waals surface area (Å²) in [5.74, 6) is 0. The van der Waals surface area contributed by atoms with Gasteiger partial charge in [0.2, 0.25) is 0 Å². The molecule has 0 saturated carbocycles. The lowest BCUT2D eigenvalue weighted by Gasteiger charge is -2.17. The van der Waals surface area contributed by atoms with Gasteiger partial charge in [0.15, 0.2) is 0 Å². The highest BCUT2D eigenvalue weighted by atomic mass is 15.1. The molecule has 0 fully saturated rings. The molecule has 0 aliphatic rings. The average molecular weight is 183 g/mol. The maximum Gasteiger partial charge on any atom is -0.00190 e. The standard InChI is InChI=1S/C12H25N/c1-4-7-8-9-10-11-12-13(5-2)6-3/h4,7H,5-6,8-12H2,1-3H3/b7-4+. The van der Waals surface area contributed by atoms with Crippen molar-refractivity contribution in [2.45, 2.75) is 46.5 Å². The molecule has 0 aromatic carbocycles. The maximum absolute atomic E-state index is 2.50. The molecule has 0 aromatic rings. The van der Waals surface area contributed by atoms with Crippen molar-refractivity contribution in [3.63, 3.8) is 0 Å². The van der Waals surface area contributed by atoms with Crippen LogP contribution in [0.3, 0.4) is 0 Å². The number of hydrogen-bond acceptors (Lipinski definition) is 1. The smallest absolute Gasteiger partial charge is 0.00190 e. The molecule has 0 radical (unpaired) electrons. The first-order valence-electron chi connectivity index (χ1n) is 5.68. The first-order valence-corrected chi connectivity index (χ1v) is 5.68. The van der Waals surface area contributed by atoms with Crippen LogP contribution in [0.2, 0.25) is 0 Å². The zero-order chi connectivity index (χ0) is 9.94. The van der Waals surface area contributed by atoms with Crippen molar-refractivity contribution in [2.75, 3.05) is 19.6 Å². The Hall–Kier alpha value is -0.300. The molecular weight excluding hydrogens is 158 g/mol. The highest BCUT2D eigenvalue weighted by Crippen LogP contribution is 2.02. The predicted molar refractivity (Wildman–Crippen MR) is 61.1 cm³/mol. The highest BCUT2D eigenvalue weighted by Gasteiger charge is 1.96. The second kappa shape index (κ2) is 9.79. The lowest BCUT2D eigenvalue weighted by molar-refractivity contribution is 0.296. The van der Waals surface area contributed by atoms with Crippen LogP contribution < -0.4 is 0 Å². The van der Waals surface area contributed by atoms with Crippen LogP contribution in [0.1, 0.15) is 46.5 Å². The summed E-state index contributed by atoms with van der Waals surface area (Å²) in [6.07, 6.45) is 9.75. The molecule has 0 heterocycles. The zero-order valence-corrected chi connectivity index (χ0v) is 9.55. The fourth-order valence-electron chi connectivity index (χ4n) is 1.48. The van der Waals surface area contributed by atoms with Crippen molar-refractivity contribution < 1.29 is 0 Å². The third-order valence-corrected chi connectivity index (χ3v) is 2.48. The van der Waals surface area contributed by atoms with Crippen molar-refractivity contribution in [3.8, 4) is 0 Å². The van der Waals surface area contributed by atoms with E-state index in [9.17, 15) is 0 Å². The van der Waals surface area contributed by atoms with E-state index in [1.807, 2.05) is 0 Å². The van der Waals surface area contributed by atoms with E-state index in [4.69, 9.17) is 0 Å². The fraction of sp³-hybridized carbons (Fsp3) is 0.833. The third kappa shape index (κ3) is 8.04. The predicted octanol–water partition coefficient (Wildman–Crippen LogP) is 3.46. The van der Waals surface area contributed by atoms with E-state index in [1.165, 1.54) is 45.3 Å². The molecule has 13 heavy (non-hydrogen) atoms. The minimum atomic E-state index is 1.20. The summed E-state index contributed by atoms with van der Waals surface area (Å²) in [5, 5.41) is 0. The topological polar surface area (TPSA) is 3.24 Å². The molecule has 0 bridgehead atoms. The summed E-state index contributed by atoms with van der Waals surface area (Å²) in [4.78, 5) is 2.50. The monoisotopic (exact) mass is 183 g/mol. The van der Waals surface area contributed by atoms with Crippen LogP contribution in [0.4, 0.5) is 0 Å². The van der Waals surface area contributed by atoms with Gasteiger partial charge in [0.25, 0.3) is 0 Å². The van der Waals surface area contributed by atoms with Crippen LogP contribution in [-0.2, 0) is 0 Å². The molecule has 0 aliphatic heterocycles. The molecule has 78 valence electrons. The van der Waals surface area contributed by atoms with E-state index >= 15 is 0 Å². The molecule has 0 unspecified atom stereocenters. The van der Waals surface area contributed by atoms with Crippen LogP contribution in [-0.4, -0.2) is 24.5 Å². The van der Waals surface area contributed by atoms with Crippen LogP contribution >= 0.6 is 0 Å². The normalized spacial score (nSPS) is 11.7. The molecule has 0 spiro atoms. The molecule has 0 aliphatic carbocycles. The molecule has 0 rings (SSSR count). The van der Waals surface area contributed by atoms with Gasteiger partial charge in [0, 0.05) is 0 Å². The second-order valence-corrected chi connectivity index (χ2v) is 3.45. The molecule has 0 atom stereocenters. The van der Waals surface area contributed by atoms with Crippen molar-refractivity contribution in [2.24, 2.45) is 0 Å². The molecule has 0 N–H and O–H groups in total. The number of nitrogens with zero attached hydrogens (tertiary/aromatic N) is 1. The molecule has 0 aromatic heterocycles. The quantitative estimate of drug-likeness (QED) is 0.411. The summed E-state index contributed by atoms with van der Waals surface area (Å²) in [6.45, 7) is 10.3. The Morgan fingerprint density at radius 3 is 2.23 bits per heavy atom. The lowest BCUT2D eigenvalue weighted by Crippen LogP contribution is -2.23.